The van der Waals surface area contributed by atoms with E-state index in [1.54, 1.807) is 0 Å². The molecule has 2 aliphatic rings. The third-order valence-corrected chi connectivity index (χ3v) is 6.04. The fraction of sp³-hybridized carbons (Fsp3) is 0.636. The first kappa shape index (κ1) is 18.2. The standard InChI is InChI=1S/C22H31NO2/c1-13(2)18-9-6-10-19(14(3)4)20(18)23-22(25)17-11-15-7-5-8-16(12-17)21(15)24/h6,9-10,13-17H,5,7-8,11-12H2,1-4H3,(H,23,25)/t15-,16+,17?. The summed E-state index contributed by atoms with van der Waals surface area (Å²) in [7, 11) is 0. The molecule has 1 N–H and O–H groups in total. The van der Waals surface area contributed by atoms with Crippen LogP contribution in [0.4, 0.5) is 5.69 Å². The molecule has 1 amide bonds. The van der Waals surface area contributed by atoms with E-state index in [0.717, 1.165) is 37.8 Å². The van der Waals surface area contributed by atoms with E-state index in [1.807, 2.05) is 0 Å². The van der Waals surface area contributed by atoms with Crippen LogP contribution in [0.15, 0.2) is 18.2 Å². The van der Waals surface area contributed by atoms with Gasteiger partial charge in [0.2, 0.25) is 5.91 Å². The van der Waals surface area contributed by atoms with Crippen molar-refractivity contribution in [2.75, 3.05) is 5.32 Å². The second-order valence-corrected chi connectivity index (χ2v) is 8.51. The van der Waals surface area contributed by atoms with Gasteiger partial charge in [-0.05, 0) is 48.6 Å². The summed E-state index contributed by atoms with van der Waals surface area (Å²) in [4.78, 5) is 25.3. The lowest BCUT2D eigenvalue weighted by Gasteiger charge is -2.37. The summed E-state index contributed by atoms with van der Waals surface area (Å²) in [5.74, 6) is 1.47. The Bertz CT molecular complexity index is 620. The zero-order valence-corrected chi connectivity index (χ0v) is 16.0. The zero-order chi connectivity index (χ0) is 18.1. The third-order valence-electron chi connectivity index (χ3n) is 6.04. The molecular formula is C22H31NO2. The van der Waals surface area contributed by atoms with Crippen LogP contribution in [-0.2, 0) is 9.59 Å². The number of nitrogens with one attached hydrogen (secondary N) is 1. The van der Waals surface area contributed by atoms with E-state index in [-0.39, 0.29) is 23.7 Å². The first-order chi connectivity index (χ1) is 11.9. The summed E-state index contributed by atoms with van der Waals surface area (Å²) in [6, 6.07) is 6.32. The molecule has 2 fully saturated rings. The summed E-state index contributed by atoms with van der Waals surface area (Å²) in [5, 5.41) is 3.27. The molecule has 2 aliphatic carbocycles. The molecule has 3 rings (SSSR count). The molecule has 0 heterocycles. The molecule has 136 valence electrons. The van der Waals surface area contributed by atoms with Gasteiger partial charge >= 0.3 is 0 Å². The summed E-state index contributed by atoms with van der Waals surface area (Å²) >= 11 is 0. The van der Waals surface area contributed by atoms with Gasteiger partial charge in [0, 0.05) is 23.4 Å². The van der Waals surface area contributed by atoms with Crippen molar-refractivity contribution < 1.29 is 9.59 Å². The van der Waals surface area contributed by atoms with Gasteiger partial charge in [0.05, 0.1) is 0 Å². The Kier molecular flexibility index (Phi) is 5.31. The van der Waals surface area contributed by atoms with Gasteiger partial charge in [-0.1, -0.05) is 52.3 Å². The molecule has 1 aromatic rings. The molecular weight excluding hydrogens is 310 g/mol. The molecule has 3 heteroatoms. The van der Waals surface area contributed by atoms with Crippen molar-refractivity contribution in [2.24, 2.45) is 17.8 Å². The van der Waals surface area contributed by atoms with Crippen LogP contribution >= 0.6 is 0 Å². The SMILES string of the molecule is CC(C)c1cccc(C(C)C)c1NC(=O)C1C[C@H]2CCC[C@@H](C1)C2=O. The number of carbonyl (C=O) groups is 2. The average molecular weight is 341 g/mol. The average Bonchev–Trinajstić information content (AvgIpc) is 2.54. The van der Waals surface area contributed by atoms with E-state index in [9.17, 15) is 9.59 Å². The van der Waals surface area contributed by atoms with Gasteiger partial charge in [0.15, 0.2) is 0 Å². The number of hydrogen-bond acceptors (Lipinski definition) is 2. The molecule has 25 heavy (non-hydrogen) atoms. The van der Waals surface area contributed by atoms with E-state index < -0.39 is 0 Å². The molecule has 0 aromatic heterocycles. The lowest BCUT2D eigenvalue weighted by Crippen LogP contribution is -2.40. The van der Waals surface area contributed by atoms with E-state index in [0.29, 0.717) is 17.6 Å². The Balaban J connectivity index is 1.82. The van der Waals surface area contributed by atoms with Crippen LogP contribution in [-0.4, -0.2) is 11.7 Å². The van der Waals surface area contributed by atoms with Gasteiger partial charge < -0.3 is 5.32 Å². The van der Waals surface area contributed by atoms with E-state index in [4.69, 9.17) is 0 Å². The minimum Gasteiger partial charge on any atom is -0.325 e. The number of anilines is 1. The molecule has 0 radical (unpaired) electrons. The molecule has 0 saturated heterocycles. The molecule has 0 spiro atoms. The summed E-state index contributed by atoms with van der Waals surface area (Å²) in [5.41, 5.74) is 3.40. The summed E-state index contributed by atoms with van der Waals surface area (Å²) in [6.45, 7) is 8.66. The van der Waals surface area contributed by atoms with Crippen LogP contribution in [0.1, 0.15) is 82.8 Å². The first-order valence-corrected chi connectivity index (χ1v) is 9.85. The predicted octanol–water partition coefficient (Wildman–Crippen LogP) is 5.27. The van der Waals surface area contributed by atoms with Crippen molar-refractivity contribution in [3.63, 3.8) is 0 Å². The number of Topliss-reactive ketones (excluding diaryl/α,β-unsaturated/α-hetero) is 1. The Labute approximate surface area is 151 Å². The minimum atomic E-state index is -0.0202. The van der Waals surface area contributed by atoms with Gasteiger partial charge in [-0.2, -0.15) is 0 Å². The number of para-hydroxylation sites is 1. The van der Waals surface area contributed by atoms with Crippen molar-refractivity contribution in [3.05, 3.63) is 29.3 Å². The Morgan fingerprint density at radius 3 is 2.00 bits per heavy atom. The second-order valence-electron chi connectivity index (χ2n) is 8.51. The van der Waals surface area contributed by atoms with Crippen LogP contribution in [0.5, 0.6) is 0 Å². The van der Waals surface area contributed by atoms with Crippen LogP contribution in [0.2, 0.25) is 0 Å². The monoisotopic (exact) mass is 341 g/mol. The number of rotatable bonds is 4. The first-order valence-electron chi connectivity index (χ1n) is 9.85. The number of amides is 1. The van der Waals surface area contributed by atoms with Gasteiger partial charge in [0.1, 0.15) is 5.78 Å². The molecule has 0 aliphatic heterocycles. The van der Waals surface area contributed by atoms with Crippen LogP contribution < -0.4 is 5.32 Å². The zero-order valence-electron chi connectivity index (χ0n) is 16.0. The van der Waals surface area contributed by atoms with Crippen LogP contribution in [0, 0.1) is 17.8 Å². The molecule has 2 saturated carbocycles. The van der Waals surface area contributed by atoms with Crippen molar-refractivity contribution in [3.8, 4) is 0 Å². The van der Waals surface area contributed by atoms with Gasteiger partial charge in [-0.25, -0.2) is 0 Å². The Morgan fingerprint density at radius 2 is 1.52 bits per heavy atom. The molecule has 2 bridgehead atoms. The summed E-state index contributed by atoms with van der Waals surface area (Å²) < 4.78 is 0. The molecule has 3 nitrogen and oxygen atoms in total. The van der Waals surface area contributed by atoms with E-state index in [2.05, 4.69) is 51.2 Å². The maximum atomic E-state index is 13.0. The normalized spacial score (nSPS) is 26.2. The number of benzene rings is 1. The minimum absolute atomic E-state index is 0.0202. The highest BCUT2D eigenvalue weighted by Gasteiger charge is 2.41. The number of carbonyl (C=O) groups excluding carboxylic acids is 2. The van der Waals surface area contributed by atoms with Crippen molar-refractivity contribution >= 4 is 17.4 Å². The van der Waals surface area contributed by atoms with Crippen LogP contribution in [0.3, 0.4) is 0 Å². The quantitative estimate of drug-likeness (QED) is 0.811. The summed E-state index contributed by atoms with van der Waals surface area (Å²) in [6.07, 6.45) is 4.56. The van der Waals surface area contributed by atoms with Crippen molar-refractivity contribution in [1.29, 1.82) is 0 Å². The highest BCUT2D eigenvalue weighted by molar-refractivity contribution is 5.96. The lowest BCUT2D eigenvalue weighted by atomic mass is 9.67. The predicted molar refractivity (Wildman–Crippen MR) is 102 cm³/mol. The highest BCUT2D eigenvalue weighted by atomic mass is 16.2. The fourth-order valence-electron chi connectivity index (χ4n) is 4.61. The largest absolute Gasteiger partial charge is 0.325 e. The van der Waals surface area contributed by atoms with Gasteiger partial charge in [0.25, 0.3) is 0 Å². The molecule has 1 aromatic carbocycles. The topological polar surface area (TPSA) is 46.2 Å². The highest BCUT2D eigenvalue weighted by Crippen LogP contribution is 2.41. The maximum Gasteiger partial charge on any atom is 0.227 e. The van der Waals surface area contributed by atoms with Gasteiger partial charge in [-0.15, -0.1) is 0 Å². The number of fused-ring (bicyclic) bond motifs is 2. The number of hydrogen-bond donors (Lipinski definition) is 1. The van der Waals surface area contributed by atoms with Crippen LogP contribution in [0.25, 0.3) is 0 Å². The van der Waals surface area contributed by atoms with E-state index >= 15 is 0 Å². The Morgan fingerprint density at radius 1 is 1.00 bits per heavy atom. The second kappa shape index (κ2) is 7.31. The van der Waals surface area contributed by atoms with Crippen molar-refractivity contribution in [1.82, 2.24) is 0 Å². The lowest BCUT2D eigenvalue weighted by molar-refractivity contribution is -0.136. The maximum absolute atomic E-state index is 13.0. The molecule has 3 atom stereocenters. The van der Waals surface area contributed by atoms with Gasteiger partial charge in [-0.3, -0.25) is 9.59 Å². The number of ketones is 1. The smallest absolute Gasteiger partial charge is 0.227 e. The fourth-order valence-corrected chi connectivity index (χ4v) is 4.61. The van der Waals surface area contributed by atoms with E-state index in [1.165, 1.54) is 11.1 Å². The third kappa shape index (κ3) is 3.65. The molecule has 1 unspecified atom stereocenters. The van der Waals surface area contributed by atoms with Crippen molar-refractivity contribution in [2.45, 2.75) is 71.6 Å². The Hall–Kier alpha value is -1.64.